The quantitative estimate of drug-likeness (QED) is 0.779. The van der Waals surface area contributed by atoms with Gasteiger partial charge < -0.3 is 15.5 Å². The van der Waals surface area contributed by atoms with Crippen LogP contribution in [0.25, 0.3) is 0 Å². The minimum Gasteiger partial charge on any atom is -0.353 e. The van der Waals surface area contributed by atoms with Gasteiger partial charge in [0, 0.05) is 17.7 Å². The van der Waals surface area contributed by atoms with Gasteiger partial charge in [-0.1, -0.05) is 6.07 Å². The maximum absolute atomic E-state index is 12.7. The van der Waals surface area contributed by atoms with Crippen molar-refractivity contribution in [3.63, 3.8) is 0 Å². The lowest BCUT2D eigenvalue weighted by atomic mass is 9.95. The van der Waals surface area contributed by atoms with E-state index in [1.54, 1.807) is 11.3 Å². The first-order valence-electron chi connectivity index (χ1n) is 7.66. The SMILES string of the molecule is CN(C)C(CNC(=O)C1(S(C)(=O)=O)CCNCC1)c1cccs1. The number of piperidine rings is 1. The molecule has 23 heavy (non-hydrogen) atoms. The smallest absolute Gasteiger partial charge is 0.241 e. The van der Waals surface area contributed by atoms with Crippen LogP contribution in [0.4, 0.5) is 0 Å². The van der Waals surface area contributed by atoms with Gasteiger partial charge in [-0.05, 0) is 51.5 Å². The summed E-state index contributed by atoms with van der Waals surface area (Å²) in [5.41, 5.74) is 0. The number of carbonyl (C=O) groups is 1. The molecule has 1 aliphatic heterocycles. The van der Waals surface area contributed by atoms with Crippen molar-refractivity contribution in [3.05, 3.63) is 22.4 Å². The number of thiophene rings is 1. The van der Waals surface area contributed by atoms with Gasteiger partial charge >= 0.3 is 0 Å². The summed E-state index contributed by atoms with van der Waals surface area (Å²) in [6.07, 6.45) is 1.81. The Kier molecular flexibility index (Phi) is 5.83. The van der Waals surface area contributed by atoms with Crippen LogP contribution in [0.15, 0.2) is 17.5 Å². The molecule has 6 nitrogen and oxygen atoms in total. The van der Waals surface area contributed by atoms with Crippen molar-refractivity contribution < 1.29 is 13.2 Å². The summed E-state index contributed by atoms with van der Waals surface area (Å²) >= 11 is 1.63. The van der Waals surface area contributed by atoms with Gasteiger partial charge in [0.25, 0.3) is 0 Å². The molecule has 1 saturated heterocycles. The molecule has 1 aliphatic rings. The molecule has 130 valence electrons. The topological polar surface area (TPSA) is 78.5 Å². The van der Waals surface area contributed by atoms with Crippen molar-refractivity contribution in [2.24, 2.45) is 0 Å². The van der Waals surface area contributed by atoms with Crippen LogP contribution in [0, 0.1) is 0 Å². The summed E-state index contributed by atoms with van der Waals surface area (Å²) in [4.78, 5) is 15.9. The Morgan fingerprint density at radius 1 is 1.43 bits per heavy atom. The van der Waals surface area contributed by atoms with E-state index in [0.717, 1.165) is 4.88 Å². The molecule has 8 heteroatoms. The fourth-order valence-corrected chi connectivity index (χ4v) is 5.24. The Bertz CT molecular complexity index is 620. The molecule has 2 rings (SSSR count). The summed E-state index contributed by atoms with van der Waals surface area (Å²) in [7, 11) is 0.432. The van der Waals surface area contributed by atoms with Crippen molar-refractivity contribution in [1.29, 1.82) is 0 Å². The normalized spacial score (nSPS) is 19.5. The Morgan fingerprint density at radius 3 is 2.57 bits per heavy atom. The molecule has 0 aromatic carbocycles. The van der Waals surface area contributed by atoms with E-state index < -0.39 is 14.6 Å². The highest BCUT2D eigenvalue weighted by molar-refractivity contribution is 7.92. The van der Waals surface area contributed by atoms with Crippen molar-refractivity contribution in [3.8, 4) is 0 Å². The number of sulfone groups is 1. The minimum atomic E-state index is -3.47. The number of likely N-dealkylation sites (N-methyl/N-ethyl adjacent to an activating group) is 1. The van der Waals surface area contributed by atoms with Gasteiger partial charge in [-0.25, -0.2) is 8.42 Å². The minimum absolute atomic E-state index is 0.0391. The van der Waals surface area contributed by atoms with Crippen LogP contribution in [0.3, 0.4) is 0 Å². The molecule has 0 spiro atoms. The number of amides is 1. The van der Waals surface area contributed by atoms with Crippen LogP contribution in [-0.4, -0.2) is 64.0 Å². The molecule has 1 fully saturated rings. The Morgan fingerprint density at radius 2 is 2.09 bits per heavy atom. The monoisotopic (exact) mass is 359 g/mol. The lowest BCUT2D eigenvalue weighted by Crippen LogP contribution is -2.57. The maximum atomic E-state index is 12.7. The van der Waals surface area contributed by atoms with Crippen molar-refractivity contribution in [1.82, 2.24) is 15.5 Å². The molecule has 1 aromatic rings. The second-order valence-corrected chi connectivity index (χ2v) is 9.53. The number of nitrogens with zero attached hydrogens (tertiary/aromatic N) is 1. The van der Waals surface area contributed by atoms with Crippen molar-refractivity contribution >= 4 is 27.1 Å². The van der Waals surface area contributed by atoms with E-state index in [1.807, 2.05) is 36.5 Å². The standard InChI is InChI=1S/C15H25N3O3S2/c1-18(2)12(13-5-4-10-22-13)11-17-14(19)15(23(3,20)21)6-8-16-9-7-15/h4-5,10,12,16H,6-9,11H2,1-3H3,(H,17,19). The average Bonchev–Trinajstić information content (AvgIpc) is 3.00. The molecule has 2 N–H and O–H groups in total. The molecule has 0 bridgehead atoms. The van der Waals surface area contributed by atoms with Crippen molar-refractivity contribution in [2.45, 2.75) is 23.6 Å². The molecule has 0 saturated carbocycles. The molecule has 1 unspecified atom stereocenters. The van der Waals surface area contributed by atoms with Crippen LogP contribution >= 0.6 is 11.3 Å². The predicted octanol–water partition coefficient (Wildman–Crippen LogP) is 0.634. The third-order valence-corrected chi connectivity index (χ3v) is 7.47. The van der Waals surface area contributed by atoms with Gasteiger partial charge in [0.05, 0.1) is 6.04 Å². The highest BCUT2D eigenvalue weighted by Gasteiger charge is 2.48. The Balaban J connectivity index is 2.13. The van der Waals surface area contributed by atoms with Gasteiger partial charge in [0.2, 0.25) is 5.91 Å². The Labute approximate surface area is 142 Å². The van der Waals surface area contributed by atoms with Crippen LogP contribution < -0.4 is 10.6 Å². The van der Waals surface area contributed by atoms with E-state index in [4.69, 9.17) is 0 Å². The third kappa shape index (κ3) is 3.93. The van der Waals surface area contributed by atoms with E-state index >= 15 is 0 Å². The highest BCUT2D eigenvalue weighted by Crippen LogP contribution is 2.29. The second kappa shape index (κ2) is 7.29. The molecular formula is C15H25N3O3S2. The molecule has 0 radical (unpaired) electrons. The van der Waals surface area contributed by atoms with Crippen LogP contribution in [0.1, 0.15) is 23.8 Å². The fraction of sp³-hybridized carbons (Fsp3) is 0.667. The van der Waals surface area contributed by atoms with Gasteiger partial charge in [-0.2, -0.15) is 0 Å². The number of carbonyl (C=O) groups excluding carboxylic acids is 1. The fourth-order valence-electron chi connectivity index (χ4n) is 2.97. The predicted molar refractivity (Wildman–Crippen MR) is 93.4 cm³/mol. The van der Waals surface area contributed by atoms with E-state index in [2.05, 4.69) is 10.6 Å². The molecule has 1 amide bonds. The number of nitrogens with one attached hydrogen (secondary N) is 2. The molecular weight excluding hydrogens is 334 g/mol. The molecule has 1 aromatic heterocycles. The summed E-state index contributed by atoms with van der Waals surface area (Å²) in [5, 5.41) is 8.01. The average molecular weight is 360 g/mol. The summed E-state index contributed by atoms with van der Waals surface area (Å²) in [5.74, 6) is -0.370. The summed E-state index contributed by atoms with van der Waals surface area (Å²) < 4.78 is 23.2. The van der Waals surface area contributed by atoms with Crippen LogP contribution in [0.5, 0.6) is 0 Å². The third-order valence-electron chi connectivity index (χ3n) is 4.49. The van der Waals surface area contributed by atoms with E-state index in [1.165, 1.54) is 6.26 Å². The van der Waals surface area contributed by atoms with Crippen LogP contribution in [0.2, 0.25) is 0 Å². The van der Waals surface area contributed by atoms with Gasteiger partial charge in [-0.15, -0.1) is 11.3 Å². The zero-order chi connectivity index (χ0) is 17.1. The lowest BCUT2D eigenvalue weighted by Gasteiger charge is -2.35. The van der Waals surface area contributed by atoms with Crippen molar-refractivity contribution in [2.75, 3.05) is 40.0 Å². The zero-order valence-electron chi connectivity index (χ0n) is 13.8. The molecule has 0 aliphatic carbocycles. The highest BCUT2D eigenvalue weighted by atomic mass is 32.2. The van der Waals surface area contributed by atoms with Gasteiger partial charge in [-0.3, -0.25) is 4.79 Å². The van der Waals surface area contributed by atoms with Gasteiger partial charge in [0.15, 0.2) is 14.6 Å². The molecule has 1 atom stereocenters. The number of rotatable bonds is 6. The van der Waals surface area contributed by atoms with E-state index in [0.29, 0.717) is 32.5 Å². The Hall–Kier alpha value is -0.960. The first kappa shape index (κ1) is 18.4. The largest absolute Gasteiger partial charge is 0.353 e. The number of hydrogen-bond acceptors (Lipinski definition) is 6. The van der Waals surface area contributed by atoms with Crippen LogP contribution in [-0.2, 0) is 14.6 Å². The first-order chi connectivity index (χ1) is 10.8. The van der Waals surface area contributed by atoms with E-state index in [9.17, 15) is 13.2 Å². The summed E-state index contributed by atoms with van der Waals surface area (Å²) in [6, 6.07) is 4.04. The first-order valence-corrected chi connectivity index (χ1v) is 10.4. The van der Waals surface area contributed by atoms with Gasteiger partial charge in [0.1, 0.15) is 0 Å². The lowest BCUT2D eigenvalue weighted by molar-refractivity contribution is -0.124. The molecule has 2 heterocycles. The number of hydrogen-bond donors (Lipinski definition) is 2. The second-order valence-electron chi connectivity index (χ2n) is 6.22. The summed E-state index contributed by atoms with van der Waals surface area (Å²) in [6.45, 7) is 1.49. The zero-order valence-corrected chi connectivity index (χ0v) is 15.5. The van der Waals surface area contributed by atoms with E-state index in [-0.39, 0.29) is 11.9 Å². The maximum Gasteiger partial charge on any atom is 0.241 e.